The van der Waals surface area contributed by atoms with Gasteiger partial charge in [0.1, 0.15) is 77.2 Å². The fourth-order valence-corrected chi connectivity index (χ4v) is 4.99. The second-order valence-electron chi connectivity index (χ2n) is 10.6. The summed E-state index contributed by atoms with van der Waals surface area (Å²) in [5.41, 5.74) is -0.251. The Morgan fingerprint density at radius 2 is 1.43 bits per heavy atom. The quantitative estimate of drug-likeness (QED) is 0.119. The zero-order valence-electron chi connectivity index (χ0n) is 26.8. The van der Waals surface area contributed by atoms with Gasteiger partial charge in [0, 0.05) is 44.9 Å². The molecule has 3 heterocycles. The highest BCUT2D eigenvalue weighted by molar-refractivity contribution is 5.86. The van der Waals surface area contributed by atoms with Gasteiger partial charge in [-0.25, -0.2) is 0 Å². The van der Waals surface area contributed by atoms with Crippen LogP contribution in [0.15, 0.2) is 51.7 Å². The number of phenols is 2. The number of phenolic OH excluding ortho intramolecular Hbond substituents is 2. The summed E-state index contributed by atoms with van der Waals surface area (Å²) < 4.78 is 33.7. The molecule has 0 bridgehead atoms. The molecule has 0 amide bonds. The number of rotatable bonds is 7. The van der Waals surface area contributed by atoms with Crippen molar-refractivity contribution in [3.05, 3.63) is 52.7 Å². The number of benzene rings is 2. The van der Waals surface area contributed by atoms with Crippen LogP contribution in [0.4, 0.5) is 0 Å². The average Bonchev–Trinajstić information content (AvgIpc) is 3.06. The van der Waals surface area contributed by atoms with Gasteiger partial charge in [0.2, 0.25) is 6.29 Å². The lowest BCUT2D eigenvalue weighted by molar-refractivity contribution is -0.354. The van der Waals surface area contributed by atoms with Gasteiger partial charge < -0.3 is 79.5 Å². The second-order valence-corrected chi connectivity index (χ2v) is 10.6. The van der Waals surface area contributed by atoms with Crippen LogP contribution in [0.1, 0.15) is 13.8 Å². The minimum absolute atomic E-state index is 0. The van der Waals surface area contributed by atoms with E-state index in [2.05, 4.69) is 0 Å². The molecule has 18 heteroatoms. The third kappa shape index (κ3) is 9.41. The van der Waals surface area contributed by atoms with E-state index in [9.17, 15) is 45.3 Å². The normalized spacial score (nSPS) is 29.3. The molecule has 274 valence electrons. The first-order valence-corrected chi connectivity index (χ1v) is 14.5. The van der Waals surface area contributed by atoms with Crippen LogP contribution in [0.3, 0.4) is 0 Å². The summed E-state index contributed by atoms with van der Waals surface area (Å²) in [6.45, 7) is 2.02. The summed E-state index contributed by atoms with van der Waals surface area (Å²) in [7, 11) is 2.00. The fourth-order valence-electron chi connectivity index (χ4n) is 4.99. The number of aromatic hydroxyl groups is 2. The van der Waals surface area contributed by atoms with Gasteiger partial charge in [-0.2, -0.15) is 0 Å². The van der Waals surface area contributed by atoms with E-state index in [4.69, 9.17) is 38.3 Å². The molecule has 0 aliphatic carbocycles. The van der Waals surface area contributed by atoms with Crippen LogP contribution in [0.25, 0.3) is 22.3 Å². The summed E-state index contributed by atoms with van der Waals surface area (Å²) in [4.78, 5) is 24.7. The Hall–Kier alpha value is -3.92. The molecular weight excluding hydrogens is 660 g/mol. The van der Waals surface area contributed by atoms with Crippen molar-refractivity contribution < 1.29 is 84.3 Å². The Labute approximate surface area is 278 Å². The molecule has 3 aromatic rings. The third-order valence-electron chi connectivity index (χ3n) is 7.37. The number of hydrogen-bond donors (Lipinski definition) is 9. The van der Waals surface area contributed by atoms with E-state index < -0.39 is 79.4 Å². The van der Waals surface area contributed by atoms with Gasteiger partial charge in [0.15, 0.2) is 17.8 Å². The second kappa shape index (κ2) is 18.2. The van der Waals surface area contributed by atoms with Crippen LogP contribution in [-0.2, 0) is 23.7 Å². The summed E-state index contributed by atoms with van der Waals surface area (Å²) in [6, 6.07) is 9.25. The van der Waals surface area contributed by atoms with Crippen molar-refractivity contribution in [3.8, 4) is 28.6 Å². The van der Waals surface area contributed by atoms with Gasteiger partial charge in [0.25, 0.3) is 0 Å². The topological polar surface area (TPSA) is 307 Å². The molecule has 2 aliphatic rings. The van der Waals surface area contributed by atoms with E-state index in [0.717, 1.165) is 33.3 Å². The maximum Gasteiger partial charge on any atom is 0.302 e. The van der Waals surface area contributed by atoms with Gasteiger partial charge in [-0.3, -0.25) is 9.59 Å². The molecule has 0 radical (unpaired) electrons. The van der Waals surface area contributed by atoms with Crippen molar-refractivity contribution in [2.45, 2.75) is 75.3 Å². The Bertz CT molecular complexity index is 1540. The molecule has 1 aromatic heterocycles. The molecule has 0 saturated carbocycles. The van der Waals surface area contributed by atoms with Crippen molar-refractivity contribution >= 4 is 16.9 Å². The standard InChI is InChI=1S/C29H32O15.2CH4O.H2O/c1-11-22(34)24(36)26(38)28(40-11)44-27-25(37)23(35)20(10-39-12(2)30)43-29(27)42-19-8-15(32)7-18-21(19)16(33)9-17(41-18)13-3-5-14(31)6-4-13;2*1-2;/h3-9,11,20,22-29,31-32,34-38H,10H2,1-2H3;2*2H,1H3;1H2/t11-,20+,22-,23+,24+,25-,26+,27+,28-,29+;;;/m0.../s1. The Kier molecular flexibility index (Phi) is 15.3. The molecule has 2 saturated heterocycles. The van der Waals surface area contributed by atoms with Gasteiger partial charge in [0.05, 0.1) is 6.10 Å². The fraction of sp³-hybridized carbons (Fsp3) is 0.484. The monoisotopic (exact) mass is 702 g/mol. The van der Waals surface area contributed by atoms with Crippen molar-refractivity contribution in [2.24, 2.45) is 0 Å². The molecule has 10 atom stereocenters. The van der Waals surface area contributed by atoms with Crippen LogP contribution >= 0.6 is 0 Å². The summed E-state index contributed by atoms with van der Waals surface area (Å²) in [5, 5.41) is 86.5. The van der Waals surface area contributed by atoms with E-state index in [-0.39, 0.29) is 39.5 Å². The highest BCUT2D eigenvalue weighted by atomic mass is 16.8. The molecule has 11 N–H and O–H groups in total. The lowest BCUT2D eigenvalue weighted by atomic mass is 9.97. The van der Waals surface area contributed by atoms with Crippen LogP contribution in [-0.4, -0.2) is 140 Å². The Balaban J connectivity index is 0.00000161. The van der Waals surface area contributed by atoms with Crippen molar-refractivity contribution in [1.29, 1.82) is 0 Å². The smallest absolute Gasteiger partial charge is 0.302 e. The van der Waals surface area contributed by atoms with Crippen LogP contribution < -0.4 is 10.2 Å². The zero-order chi connectivity index (χ0) is 35.9. The van der Waals surface area contributed by atoms with Gasteiger partial charge >= 0.3 is 5.97 Å². The molecule has 2 aromatic carbocycles. The predicted octanol–water partition coefficient (Wildman–Crippen LogP) is -2.14. The van der Waals surface area contributed by atoms with E-state index in [1.165, 1.54) is 37.3 Å². The minimum Gasteiger partial charge on any atom is -0.508 e. The Morgan fingerprint density at radius 3 is 2.04 bits per heavy atom. The van der Waals surface area contributed by atoms with Crippen LogP contribution in [0, 0.1) is 0 Å². The van der Waals surface area contributed by atoms with E-state index in [1.807, 2.05) is 0 Å². The van der Waals surface area contributed by atoms with Crippen molar-refractivity contribution in [3.63, 3.8) is 0 Å². The maximum absolute atomic E-state index is 13.3. The first-order valence-electron chi connectivity index (χ1n) is 14.5. The highest BCUT2D eigenvalue weighted by Gasteiger charge is 2.51. The summed E-state index contributed by atoms with van der Waals surface area (Å²) >= 11 is 0. The van der Waals surface area contributed by atoms with Gasteiger partial charge in [-0.1, -0.05) is 0 Å². The van der Waals surface area contributed by atoms with Crippen molar-refractivity contribution in [1.82, 2.24) is 0 Å². The lowest BCUT2D eigenvalue weighted by Gasteiger charge is -2.45. The van der Waals surface area contributed by atoms with E-state index in [1.54, 1.807) is 0 Å². The minimum atomic E-state index is -1.83. The zero-order valence-corrected chi connectivity index (χ0v) is 26.8. The molecule has 0 spiro atoms. The number of ether oxygens (including phenoxy) is 5. The summed E-state index contributed by atoms with van der Waals surface area (Å²) in [5.74, 6) is -1.26. The number of carbonyl (C=O) groups excluding carboxylic acids is 1. The molecule has 0 unspecified atom stereocenters. The maximum atomic E-state index is 13.3. The lowest BCUT2D eigenvalue weighted by Crippen LogP contribution is -2.64. The van der Waals surface area contributed by atoms with Crippen LogP contribution in [0.2, 0.25) is 0 Å². The molecule has 5 rings (SSSR count). The van der Waals surface area contributed by atoms with E-state index >= 15 is 0 Å². The third-order valence-corrected chi connectivity index (χ3v) is 7.37. The first-order chi connectivity index (χ1) is 22.8. The number of carbonyl (C=O) groups is 1. The highest BCUT2D eigenvalue weighted by Crippen LogP contribution is 2.36. The largest absolute Gasteiger partial charge is 0.508 e. The number of esters is 1. The number of aliphatic hydroxyl groups excluding tert-OH is 7. The average molecular weight is 703 g/mol. The van der Waals surface area contributed by atoms with Crippen LogP contribution in [0.5, 0.6) is 17.2 Å². The molecule has 18 nitrogen and oxygen atoms in total. The molecular formula is C31H42O18. The van der Waals surface area contributed by atoms with Gasteiger partial charge in [-0.15, -0.1) is 0 Å². The summed E-state index contributed by atoms with van der Waals surface area (Å²) in [6.07, 6.45) is -15.9. The number of hydrogen-bond acceptors (Lipinski definition) is 17. The number of fused-ring (bicyclic) bond motifs is 1. The molecule has 2 fully saturated rings. The van der Waals surface area contributed by atoms with Crippen molar-refractivity contribution in [2.75, 3.05) is 20.8 Å². The van der Waals surface area contributed by atoms with E-state index in [0.29, 0.717) is 5.56 Å². The molecule has 2 aliphatic heterocycles. The SMILES string of the molecule is CC(=O)OC[C@H]1O[C@@H](Oc2cc(O)cc3oc(-c4ccc(O)cc4)cc(=O)c23)[C@H](O[C@@H]2O[C@@H](C)[C@H](O)[C@@H](O)[C@H]2O)[C@@H](O)[C@@H]1O.CO.CO.O. The molecule has 49 heavy (non-hydrogen) atoms. The Morgan fingerprint density at radius 1 is 0.796 bits per heavy atom. The number of aliphatic hydroxyl groups is 7. The van der Waals surface area contributed by atoms with Gasteiger partial charge in [-0.05, 0) is 31.2 Å². The first kappa shape index (κ1) is 41.3. The predicted molar refractivity (Wildman–Crippen MR) is 166 cm³/mol.